The Morgan fingerprint density at radius 3 is 2.76 bits per heavy atom. The van der Waals surface area contributed by atoms with Crippen LogP contribution in [-0.2, 0) is 0 Å². The highest BCUT2D eigenvalue weighted by atomic mass is 79.9. The van der Waals surface area contributed by atoms with Crippen molar-refractivity contribution in [3.63, 3.8) is 0 Å². The Kier molecular flexibility index (Phi) is 3.84. The van der Waals surface area contributed by atoms with Crippen LogP contribution in [0, 0.1) is 5.41 Å². The van der Waals surface area contributed by atoms with Gasteiger partial charge in [0.2, 0.25) is 0 Å². The standard InChI is InChI=1S/C13H17BrN2O/c14-11-4-1-3-10(7-11)12(17)16-9-13(8-15)5-2-6-13/h1,3-4,7H,2,5-6,8-9,15H2,(H,16,17). The summed E-state index contributed by atoms with van der Waals surface area (Å²) in [5.74, 6) is -0.0222. The smallest absolute Gasteiger partial charge is 0.251 e. The van der Waals surface area contributed by atoms with Gasteiger partial charge in [-0.25, -0.2) is 0 Å². The zero-order valence-corrected chi connectivity index (χ0v) is 11.3. The second kappa shape index (κ2) is 5.19. The molecule has 1 saturated carbocycles. The van der Waals surface area contributed by atoms with E-state index in [4.69, 9.17) is 5.73 Å². The van der Waals surface area contributed by atoms with Crippen LogP contribution < -0.4 is 11.1 Å². The number of benzene rings is 1. The molecule has 2 rings (SSSR count). The van der Waals surface area contributed by atoms with Crippen LogP contribution in [-0.4, -0.2) is 19.0 Å². The van der Waals surface area contributed by atoms with Gasteiger partial charge in [-0.2, -0.15) is 0 Å². The average Bonchev–Trinajstić information content (AvgIpc) is 2.28. The fourth-order valence-electron chi connectivity index (χ4n) is 2.13. The molecule has 17 heavy (non-hydrogen) atoms. The normalized spacial score (nSPS) is 17.3. The first-order valence-corrected chi connectivity index (χ1v) is 6.68. The third-order valence-corrected chi connectivity index (χ3v) is 4.05. The lowest BCUT2D eigenvalue weighted by atomic mass is 9.69. The summed E-state index contributed by atoms with van der Waals surface area (Å²) in [7, 11) is 0. The molecule has 1 amide bonds. The average molecular weight is 297 g/mol. The number of hydrogen-bond donors (Lipinski definition) is 2. The number of carbonyl (C=O) groups is 1. The maximum atomic E-state index is 11.9. The molecule has 0 saturated heterocycles. The minimum Gasteiger partial charge on any atom is -0.351 e. The van der Waals surface area contributed by atoms with Crippen molar-refractivity contribution in [1.29, 1.82) is 0 Å². The van der Waals surface area contributed by atoms with Crippen LogP contribution in [0.25, 0.3) is 0 Å². The van der Waals surface area contributed by atoms with E-state index < -0.39 is 0 Å². The topological polar surface area (TPSA) is 55.1 Å². The van der Waals surface area contributed by atoms with E-state index in [1.165, 1.54) is 6.42 Å². The van der Waals surface area contributed by atoms with Crippen LogP contribution in [0.15, 0.2) is 28.7 Å². The number of rotatable bonds is 4. The van der Waals surface area contributed by atoms with Gasteiger partial charge in [0.1, 0.15) is 0 Å². The first-order valence-electron chi connectivity index (χ1n) is 5.89. The summed E-state index contributed by atoms with van der Waals surface area (Å²) < 4.78 is 0.919. The molecule has 1 aliphatic carbocycles. The van der Waals surface area contributed by atoms with Gasteiger partial charge in [-0.15, -0.1) is 0 Å². The monoisotopic (exact) mass is 296 g/mol. The third-order valence-electron chi connectivity index (χ3n) is 3.56. The Hall–Kier alpha value is -0.870. The Morgan fingerprint density at radius 2 is 2.24 bits per heavy atom. The SMILES string of the molecule is NCC1(CNC(=O)c2cccc(Br)c2)CCC1. The highest BCUT2D eigenvalue weighted by Gasteiger charge is 2.35. The molecule has 0 spiro atoms. The molecule has 3 nitrogen and oxygen atoms in total. The van der Waals surface area contributed by atoms with Crippen LogP contribution >= 0.6 is 15.9 Å². The van der Waals surface area contributed by atoms with Crippen molar-refractivity contribution in [3.05, 3.63) is 34.3 Å². The number of nitrogens with two attached hydrogens (primary N) is 1. The second-order valence-electron chi connectivity index (χ2n) is 4.75. The molecule has 1 aromatic rings. The van der Waals surface area contributed by atoms with E-state index in [0.29, 0.717) is 18.7 Å². The van der Waals surface area contributed by atoms with Crippen molar-refractivity contribution in [3.8, 4) is 0 Å². The first kappa shape index (κ1) is 12.6. The molecule has 4 heteroatoms. The van der Waals surface area contributed by atoms with Gasteiger partial charge in [0.15, 0.2) is 0 Å². The molecule has 0 bridgehead atoms. The van der Waals surface area contributed by atoms with E-state index in [-0.39, 0.29) is 11.3 Å². The highest BCUT2D eigenvalue weighted by molar-refractivity contribution is 9.10. The zero-order valence-electron chi connectivity index (χ0n) is 9.71. The fourth-order valence-corrected chi connectivity index (χ4v) is 2.53. The van der Waals surface area contributed by atoms with E-state index in [0.717, 1.165) is 17.3 Å². The molecule has 1 aromatic carbocycles. The number of carbonyl (C=O) groups excluding carboxylic acids is 1. The van der Waals surface area contributed by atoms with Crippen molar-refractivity contribution >= 4 is 21.8 Å². The number of amides is 1. The quantitative estimate of drug-likeness (QED) is 0.896. The van der Waals surface area contributed by atoms with Crippen LogP contribution in [0.1, 0.15) is 29.6 Å². The predicted octanol–water partition coefficient (Wildman–Crippen LogP) is 2.31. The van der Waals surface area contributed by atoms with E-state index in [2.05, 4.69) is 21.2 Å². The van der Waals surface area contributed by atoms with Crippen LogP contribution in [0.3, 0.4) is 0 Å². The summed E-state index contributed by atoms with van der Waals surface area (Å²) in [6, 6.07) is 7.41. The molecule has 1 fully saturated rings. The minimum atomic E-state index is -0.0222. The Morgan fingerprint density at radius 1 is 1.47 bits per heavy atom. The van der Waals surface area contributed by atoms with Gasteiger partial charge in [-0.1, -0.05) is 28.4 Å². The van der Waals surface area contributed by atoms with Gasteiger partial charge < -0.3 is 11.1 Å². The summed E-state index contributed by atoms with van der Waals surface area (Å²) in [5, 5.41) is 2.98. The lowest BCUT2D eigenvalue weighted by molar-refractivity contribution is 0.0876. The number of nitrogens with one attached hydrogen (secondary N) is 1. The van der Waals surface area contributed by atoms with E-state index in [9.17, 15) is 4.79 Å². The summed E-state index contributed by atoms with van der Waals surface area (Å²) in [4.78, 5) is 11.9. The van der Waals surface area contributed by atoms with E-state index >= 15 is 0 Å². The summed E-state index contributed by atoms with van der Waals surface area (Å²) in [6.45, 7) is 1.35. The molecule has 0 aromatic heterocycles. The van der Waals surface area contributed by atoms with E-state index in [1.807, 2.05) is 24.3 Å². The number of halogens is 1. The molecule has 0 aliphatic heterocycles. The van der Waals surface area contributed by atoms with Crippen LogP contribution in [0.5, 0.6) is 0 Å². The second-order valence-corrected chi connectivity index (χ2v) is 5.67. The third kappa shape index (κ3) is 2.87. The van der Waals surface area contributed by atoms with Crippen LogP contribution in [0.4, 0.5) is 0 Å². The van der Waals surface area contributed by atoms with Gasteiger partial charge in [0.05, 0.1) is 0 Å². The van der Waals surface area contributed by atoms with Crippen molar-refractivity contribution in [2.24, 2.45) is 11.1 Å². The van der Waals surface area contributed by atoms with Crippen molar-refractivity contribution in [1.82, 2.24) is 5.32 Å². The lowest BCUT2D eigenvalue weighted by Crippen LogP contribution is -2.46. The lowest BCUT2D eigenvalue weighted by Gasteiger charge is -2.41. The molecule has 3 N–H and O–H groups in total. The van der Waals surface area contributed by atoms with E-state index in [1.54, 1.807) is 0 Å². The maximum Gasteiger partial charge on any atom is 0.251 e. The van der Waals surface area contributed by atoms with Gasteiger partial charge >= 0.3 is 0 Å². The first-order chi connectivity index (χ1) is 8.15. The van der Waals surface area contributed by atoms with Gasteiger partial charge in [-0.3, -0.25) is 4.79 Å². The molecular formula is C13H17BrN2O. The van der Waals surface area contributed by atoms with Gasteiger partial charge in [0, 0.05) is 16.6 Å². The summed E-state index contributed by atoms with van der Waals surface area (Å²) in [6.07, 6.45) is 3.48. The fraction of sp³-hybridized carbons (Fsp3) is 0.462. The Labute approximate surface area is 110 Å². The highest BCUT2D eigenvalue weighted by Crippen LogP contribution is 2.39. The molecule has 92 valence electrons. The minimum absolute atomic E-state index is 0.0222. The maximum absolute atomic E-state index is 11.9. The Balaban J connectivity index is 1.93. The molecule has 0 heterocycles. The van der Waals surface area contributed by atoms with Gasteiger partial charge in [0.25, 0.3) is 5.91 Å². The van der Waals surface area contributed by atoms with Crippen molar-refractivity contribution in [2.45, 2.75) is 19.3 Å². The predicted molar refractivity (Wildman–Crippen MR) is 71.8 cm³/mol. The molecule has 0 radical (unpaired) electrons. The molecule has 0 unspecified atom stereocenters. The largest absolute Gasteiger partial charge is 0.351 e. The molecular weight excluding hydrogens is 280 g/mol. The zero-order chi connectivity index (χ0) is 12.3. The molecule has 0 atom stereocenters. The molecule has 1 aliphatic rings. The summed E-state index contributed by atoms with van der Waals surface area (Å²) >= 11 is 3.36. The van der Waals surface area contributed by atoms with Crippen molar-refractivity contribution < 1.29 is 4.79 Å². The summed E-state index contributed by atoms with van der Waals surface area (Å²) in [5.41, 5.74) is 6.60. The van der Waals surface area contributed by atoms with Gasteiger partial charge in [-0.05, 0) is 43.0 Å². The number of hydrogen-bond acceptors (Lipinski definition) is 2. The van der Waals surface area contributed by atoms with Crippen LogP contribution in [0.2, 0.25) is 0 Å². The Bertz CT molecular complexity index is 410. The van der Waals surface area contributed by atoms with Crippen molar-refractivity contribution in [2.75, 3.05) is 13.1 Å².